The lowest BCUT2D eigenvalue weighted by Crippen LogP contribution is -2.54. The van der Waals surface area contributed by atoms with Crippen LogP contribution in [0.5, 0.6) is 11.5 Å². The van der Waals surface area contributed by atoms with Crippen LogP contribution in [0.1, 0.15) is 44.4 Å². The Labute approximate surface area is 185 Å². The van der Waals surface area contributed by atoms with Crippen LogP contribution in [0.3, 0.4) is 0 Å². The van der Waals surface area contributed by atoms with Crippen molar-refractivity contribution in [3.63, 3.8) is 0 Å². The van der Waals surface area contributed by atoms with E-state index in [1.54, 1.807) is 14.2 Å². The predicted octanol–water partition coefficient (Wildman–Crippen LogP) is 2.84. The van der Waals surface area contributed by atoms with Crippen LogP contribution >= 0.6 is 12.4 Å². The maximum absolute atomic E-state index is 13.1. The molecule has 3 unspecified atom stereocenters. The lowest BCUT2D eigenvalue weighted by Gasteiger charge is -2.46. The Morgan fingerprint density at radius 3 is 2.33 bits per heavy atom. The second-order valence-electron chi connectivity index (χ2n) is 7.67. The molecule has 30 heavy (non-hydrogen) atoms. The lowest BCUT2D eigenvalue weighted by atomic mass is 9.81. The lowest BCUT2D eigenvalue weighted by molar-refractivity contribution is -0.161. The smallest absolute Gasteiger partial charge is 0.302 e. The number of hydrogen-bond acceptors (Lipinski definition) is 6. The van der Waals surface area contributed by atoms with E-state index in [9.17, 15) is 9.59 Å². The van der Waals surface area contributed by atoms with E-state index in [2.05, 4.69) is 4.90 Å². The Morgan fingerprint density at radius 1 is 1.13 bits per heavy atom. The zero-order valence-electron chi connectivity index (χ0n) is 18.5. The van der Waals surface area contributed by atoms with Crippen molar-refractivity contribution in [2.75, 3.05) is 40.4 Å². The van der Waals surface area contributed by atoms with Crippen LogP contribution in [-0.2, 0) is 20.7 Å². The van der Waals surface area contributed by atoms with Crippen LogP contribution in [0.15, 0.2) is 12.1 Å². The summed E-state index contributed by atoms with van der Waals surface area (Å²) in [6.07, 6.45) is 1.05. The molecule has 0 radical (unpaired) electrons. The molecule has 2 aliphatic rings. The Bertz CT molecular complexity index is 768. The van der Waals surface area contributed by atoms with Crippen molar-refractivity contribution in [2.45, 2.75) is 45.8 Å². The van der Waals surface area contributed by atoms with Gasteiger partial charge in [-0.25, -0.2) is 0 Å². The number of fused-ring (bicyclic) bond motifs is 3. The highest BCUT2D eigenvalue weighted by molar-refractivity contribution is 5.85. The molecule has 0 saturated carbocycles. The zero-order chi connectivity index (χ0) is 21.1. The van der Waals surface area contributed by atoms with Crippen molar-refractivity contribution in [3.05, 3.63) is 23.3 Å². The number of amides is 1. The molecule has 1 saturated heterocycles. The fraction of sp³-hybridized carbons (Fsp3) is 0.636. The van der Waals surface area contributed by atoms with Crippen molar-refractivity contribution in [2.24, 2.45) is 5.92 Å². The highest BCUT2D eigenvalue weighted by Crippen LogP contribution is 2.43. The summed E-state index contributed by atoms with van der Waals surface area (Å²) in [5, 5.41) is 0. The largest absolute Gasteiger partial charge is 0.493 e. The SMILES string of the molecule is CCN(CC)C(=O)C1CN2CCc3cc(OC)c(OC)cc3C2CC1OC(C)=O.Cl. The molecule has 7 nitrogen and oxygen atoms in total. The number of ether oxygens (including phenoxy) is 3. The summed E-state index contributed by atoms with van der Waals surface area (Å²) in [6, 6.07) is 4.16. The molecule has 2 aliphatic heterocycles. The van der Waals surface area contributed by atoms with E-state index >= 15 is 0 Å². The Morgan fingerprint density at radius 2 is 1.77 bits per heavy atom. The van der Waals surface area contributed by atoms with Gasteiger partial charge in [0.2, 0.25) is 5.91 Å². The Hall–Kier alpha value is -1.99. The maximum Gasteiger partial charge on any atom is 0.302 e. The van der Waals surface area contributed by atoms with Gasteiger partial charge in [-0.3, -0.25) is 14.5 Å². The number of nitrogens with zero attached hydrogens (tertiary/aromatic N) is 2. The van der Waals surface area contributed by atoms with Gasteiger partial charge in [-0.15, -0.1) is 12.4 Å². The summed E-state index contributed by atoms with van der Waals surface area (Å²) in [5.41, 5.74) is 2.39. The molecule has 0 aliphatic carbocycles. The van der Waals surface area contributed by atoms with Gasteiger partial charge >= 0.3 is 5.97 Å². The summed E-state index contributed by atoms with van der Waals surface area (Å²) >= 11 is 0. The topological polar surface area (TPSA) is 68.3 Å². The minimum absolute atomic E-state index is 0. The molecule has 3 rings (SSSR count). The Balaban J connectivity index is 0.00000320. The third kappa shape index (κ3) is 4.67. The fourth-order valence-corrected chi connectivity index (χ4v) is 4.68. The summed E-state index contributed by atoms with van der Waals surface area (Å²) in [4.78, 5) is 29.1. The van der Waals surface area contributed by atoms with Crippen molar-refractivity contribution in [1.29, 1.82) is 0 Å². The van der Waals surface area contributed by atoms with E-state index in [-0.39, 0.29) is 36.2 Å². The first-order valence-corrected chi connectivity index (χ1v) is 10.4. The van der Waals surface area contributed by atoms with Crippen molar-refractivity contribution in [3.8, 4) is 11.5 Å². The van der Waals surface area contributed by atoms with E-state index in [0.29, 0.717) is 31.8 Å². The highest BCUT2D eigenvalue weighted by atomic mass is 35.5. The number of benzene rings is 1. The number of hydrogen-bond donors (Lipinski definition) is 0. The first kappa shape index (κ1) is 24.3. The molecule has 1 aromatic carbocycles. The summed E-state index contributed by atoms with van der Waals surface area (Å²) in [5.74, 6) is 0.804. The molecular weight excluding hydrogens is 408 g/mol. The summed E-state index contributed by atoms with van der Waals surface area (Å²) < 4.78 is 16.6. The van der Waals surface area contributed by atoms with Crippen molar-refractivity contribution >= 4 is 24.3 Å². The fourth-order valence-electron chi connectivity index (χ4n) is 4.68. The number of methoxy groups -OCH3 is 2. The molecule has 2 heterocycles. The van der Waals surface area contributed by atoms with Gasteiger partial charge in [0.15, 0.2) is 11.5 Å². The van der Waals surface area contributed by atoms with Crippen molar-refractivity contribution in [1.82, 2.24) is 9.80 Å². The van der Waals surface area contributed by atoms with Crippen LogP contribution in [0.4, 0.5) is 0 Å². The van der Waals surface area contributed by atoms with Gasteiger partial charge in [-0.1, -0.05) is 0 Å². The Kier molecular flexibility index (Phi) is 8.38. The third-order valence-electron chi connectivity index (χ3n) is 6.16. The van der Waals surface area contributed by atoms with E-state index < -0.39 is 6.10 Å². The second kappa shape index (κ2) is 10.4. The number of carbonyl (C=O) groups is 2. The van der Waals surface area contributed by atoms with Gasteiger partial charge in [0.1, 0.15) is 6.10 Å². The monoisotopic (exact) mass is 440 g/mol. The van der Waals surface area contributed by atoms with Crippen molar-refractivity contribution < 1.29 is 23.8 Å². The van der Waals surface area contributed by atoms with E-state index in [1.165, 1.54) is 18.1 Å². The van der Waals surface area contributed by atoms with Crippen LogP contribution in [0.2, 0.25) is 0 Å². The minimum atomic E-state index is -0.430. The van der Waals surface area contributed by atoms with E-state index in [0.717, 1.165) is 18.7 Å². The van der Waals surface area contributed by atoms with E-state index in [4.69, 9.17) is 14.2 Å². The van der Waals surface area contributed by atoms with Gasteiger partial charge in [0.05, 0.1) is 20.1 Å². The van der Waals surface area contributed by atoms with Crippen LogP contribution in [0, 0.1) is 5.92 Å². The molecule has 0 N–H and O–H groups in total. The molecule has 0 aromatic heterocycles. The van der Waals surface area contributed by atoms with E-state index in [1.807, 2.05) is 30.9 Å². The second-order valence-corrected chi connectivity index (χ2v) is 7.67. The predicted molar refractivity (Wildman–Crippen MR) is 116 cm³/mol. The number of piperidine rings is 1. The molecule has 168 valence electrons. The molecule has 0 bridgehead atoms. The zero-order valence-corrected chi connectivity index (χ0v) is 19.3. The van der Waals surface area contributed by atoms with Gasteiger partial charge in [0.25, 0.3) is 0 Å². The number of rotatable bonds is 6. The van der Waals surface area contributed by atoms with Crippen LogP contribution < -0.4 is 9.47 Å². The van der Waals surface area contributed by atoms with Gasteiger partial charge < -0.3 is 19.1 Å². The highest BCUT2D eigenvalue weighted by Gasteiger charge is 2.44. The first-order chi connectivity index (χ1) is 13.9. The molecule has 0 spiro atoms. The molecule has 1 aromatic rings. The van der Waals surface area contributed by atoms with Crippen LogP contribution in [0.25, 0.3) is 0 Å². The minimum Gasteiger partial charge on any atom is -0.493 e. The maximum atomic E-state index is 13.1. The number of halogens is 1. The average molecular weight is 441 g/mol. The number of esters is 1. The first-order valence-electron chi connectivity index (χ1n) is 10.4. The quantitative estimate of drug-likeness (QED) is 0.633. The summed E-state index contributed by atoms with van der Waals surface area (Å²) in [6.45, 7) is 8.13. The normalized spacial score (nSPS) is 22.8. The molecule has 1 fully saturated rings. The third-order valence-corrected chi connectivity index (χ3v) is 6.16. The molecule has 1 amide bonds. The van der Waals surface area contributed by atoms with Gasteiger partial charge in [-0.05, 0) is 43.5 Å². The molecular formula is C22H33ClN2O5. The molecule has 3 atom stereocenters. The molecule has 8 heteroatoms. The summed E-state index contributed by atoms with van der Waals surface area (Å²) in [7, 11) is 3.27. The standard InChI is InChI=1S/C22H32N2O5.ClH/c1-6-23(7-2)22(26)17-13-24-9-8-15-10-20(27-4)21(28-5)11-16(15)18(24)12-19(17)29-14(3)25;/h10-11,17-19H,6-9,12-13H2,1-5H3;1H. The van der Waals surface area contributed by atoms with Gasteiger partial charge in [0, 0.05) is 45.6 Å². The number of carbonyl (C=O) groups excluding carboxylic acids is 2. The van der Waals surface area contributed by atoms with Crippen LogP contribution in [-0.4, -0.2) is 68.2 Å². The average Bonchev–Trinajstić information content (AvgIpc) is 2.72. The van der Waals surface area contributed by atoms with Gasteiger partial charge in [-0.2, -0.15) is 0 Å².